The van der Waals surface area contributed by atoms with Crippen LogP contribution in [0.2, 0.25) is 0 Å². The molecule has 23 heavy (non-hydrogen) atoms. The van der Waals surface area contributed by atoms with Crippen LogP contribution in [0.5, 0.6) is 0 Å². The smallest absolute Gasteiger partial charge is 0.374 e. The molecule has 0 aliphatic rings. The van der Waals surface area contributed by atoms with Crippen molar-refractivity contribution >= 4 is 39.2 Å². The van der Waals surface area contributed by atoms with E-state index in [0.717, 1.165) is 0 Å². The first-order chi connectivity index (χ1) is 10.9. The molecule has 0 aliphatic heterocycles. The zero-order valence-electron chi connectivity index (χ0n) is 11.9. The highest BCUT2D eigenvalue weighted by atomic mass is 79.9. The molecular formula is C14H11BrN2O6. The van der Waals surface area contributed by atoms with E-state index in [1.807, 2.05) is 0 Å². The number of rotatable bonds is 5. The molecule has 2 aromatic rings. The van der Waals surface area contributed by atoms with Crippen LogP contribution < -0.4 is 5.32 Å². The first kappa shape index (κ1) is 16.7. The Bertz CT molecular complexity index is 770. The van der Waals surface area contributed by atoms with E-state index >= 15 is 0 Å². The second-order valence-corrected chi connectivity index (χ2v) is 5.31. The van der Waals surface area contributed by atoms with Crippen molar-refractivity contribution < 1.29 is 23.7 Å². The Morgan fingerprint density at radius 3 is 2.65 bits per heavy atom. The summed E-state index contributed by atoms with van der Waals surface area (Å²) in [5.41, 5.74) is 0.208. The maximum absolute atomic E-state index is 11.8. The molecule has 1 N–H and O–H groups in total. The number of anilines is 1. The van der Waals surface area contributed by atoms with E-state index in [4.69, 9.17) is 9.15 Å². The Balaban J connectivity index is 1.92. The molecule has 0 radical (unpaired) electrons. The van der Waals surface area contributed by atoms with Crippen LogP contribution in [0.3, 0.4) is 0 Å². The minimum Gasteiger partial charge on any atom is -0.454 e. The number of furan rings is 1. The molecule has 0 bridgehead atoms. The summed E-state index contributed by atoms with van der Waals surface area (Å²) in [5, 5.41) is 13.1. The Labute approximate surface area is 138 Å². The first-order valence-corrected chi connectivity index (χ1v) is 7.13. The van der Waals surface area contributed by atoms with Crippen molar-refractivity contribution in [1.82, 2.24) is 0 Å². The monoisotopic (exact) mass is 382 g/mol. The minimum absolute atomic E-state index is 0.00631. The van der Waals surface area contributed by atoms with Gasteiger partial charge in [0.2, 0.25) is 5.76 Å². The summed E-state index contributed by atoms with van der Waals surface area (Å²) in [6.07, 6.45) is 0. The molecule has 1 aromatic heterocycles. The van der Waals surface area contributed by atoms with Crippen molar-refractivity contribution in [3.05, 3.63) is 56.4 Å². The molecule has 0 fully saturated rings. The third-order valence-corrected chi connectivity index (χ3v) is 3.37. The number of esters is 1. The van der Waals surface area contributed by atoms with Gasteiger partial charge in [0.15, 0.2) is 6.61 Å². The van der Waals surface area contributed by atoms with Crippen molar-refractivity contribution in [1.29, 1.82) is 0 Å². The number of nitro groups is 1. The van der Waals surface area contributed by atoms with Crippen LogP contribution in [0.25, 0.3) is 0 Å². The second-order valence-electron chi connectivity index (χ2n) is 4.46. The fourth-order valence-electron chi connectivity index (χ4n) is 1.65. The minimum atomic E-state index is -0.754. The maximum atomic E-state index is 11.8. The molecule has 1 amide bonds. The first-order valence-electron chi connectivity index (χ1n) is 6.34. The van der Waals surface area contributed by atoms with Gasteiger partial charge < -0.3 is 14.5 Å². The summed E-state index contributed by atoms with van der Waals surface area (Å²) in [4.78, 5) is 33.5. The standard InChI is InChI=1S/C14H11BrN2O6/c1-8-2-5-12(23-8)14(19)22-7-13(18)16-11-4-3-9(17(20)21)6-10(11)15/h2-6H,7H2,1H3,(H,16,18). The molecule has 0 spiro atoms. The lowest BCUT2D eigenvalue weighted by Crippen LogP contribution is -2.21. The number of nitro benzene ring substituents is 1. The molecule has 0 saturated carbocycles. The van der Waals surface area contributed by atoms with Gasteiger partial charge in [-0.2, -0.15) is 0 Å². The third-order valence-electron chi connectivity index (χ3n) is 2.71. The van der Waals surface area contributed by atoms with Crippen LogP contribution in [-0.4, -0.2) is 23.4 Å². The predicted octanol–water partition coefficient (Wildman–Crippen LogP) is 3.05. The molecule has 0 unspecified atom stereocenters. The van der Waals surface area contributed by atoms with Gasteiger partial charge in [-0.05, 0) is 41.1 Å². The summed E-state index contributed by atoms with van der Waals surface area (Å²) in [6.45, 7) is 1.16. The molecule has 2 rings (SSSR count). The normalized spacial score (nSPS) is 10.2. The van der Waals surface area contributed by atoms with Gasteiger partial charge in [0, 0.05) is 16.6 Å². The summed E-state index contributed by atoms with van der Waals surface area (Å²) in [7, 11) is 0. The third kappa shape index (κ3) is 4.39. The molecule has 0 saturated heterocycles. The van der Waals surface area contributed by atoms with Gasteiger partial charge in [-0.15, -0.1) is 0 Å². The number of halogens is 1. The van der Waals surface area contributed by atoms with Gasteiger partial charge >= 0.3 is 5.97 Å². The van der Waals surface area contributed by atoms with Crippen molar-refractivity contribution in [2.45, 2.75) is 6.92 Å². The second kappa shape index (κ2) is 7.05. The molecule has 8 nitrogen and oxygen atoms in total. The molecule has 9 heteroatoms. The zero-order valence-corrected chi connectivity index (χ0v) is 13.5. The van der Waals surface area contributed by atoms with Crippen molar-refractivity contribution in [3.63, 3.8) is 0 Å². The lowest BCUT2D eigenvalue weighted by atomic mass is 10.3. The van der Waals surface area contributed by atoms with Crippen molar-refractivity contribution in [2.75, 3.05) is 11.9 Å². The SMILES string of the molecule is Cc1ccc(C(=O)OCC(=O)Nc2ccc([N+](=O)[O-])cc2Br)o1. The molecule has 120 valence electrons. The number of hydrogen-bond donors (Lipinski definition) is 1. The van der Waals surface area contributed by atoms with E-state index in [9.17, 15) is 19.7 Å². The fourth-order valence-corrected chi connectivity index (χ4v) is 2.12. The van der Waals surface area contributed by atoms with Gasteiger partial charge in [0.05, 0.1) is 10.6 Å². The van der Waals surface area contributed by atoms with Crippen LogP contribution in [0.1, 0.15) is 16.3 Å². The molecule has 0 atom stereocenters. The van der Waals surface area contributed by atoms with E-state index < -0.39 is 23.4 Å². The maximum Gasteiger partial charge on any atom is 0.374 e. The van der Waals surface area contributed by atoms with Gasteiger partial charge in [-0.1, -0.05) is 0 Å². The molecule has 1 aromatic carbocycles. The van der Waals surface area contributed by atoms with E-state index in [1.165, 1.54) is 24.3 Å². The van der Waals surface area contributed by atoms with Crippen LogP contribution in [0, 0.1) is 17.0 Å². The number of carbonyl (C=O) groups excluding carboxylic acids is 2. The highest BCUT2D eigenvalue weighted by Crippen LogP contribution is 2.27. The highest BCUT2D eigenvalue weighted by Gasteiger charge is 2.15. The summed E-state index contributed by atoms with van der Waals surface area (Å²) >= 11 is 3.12. The summed E-state index contributed by atoms with van der Waals surface area (Å²) in [5.74, 6) is -0.782. The number of non-ortho nitro benzene ring substituents is 1. The quantitative estimate of drug-likeness (QED) is 0.483. The molecule has 1 heterocycles. The number of benzene rings is 1. The number of amides is 1. The largest absolute Gasteiger partial charge is 0.454 e. The highest BCUT2D eigenvalue weighted by molar-refractivity contribution is 9.10. The number of aryl methyl sites for hydroxylation is 1. The number of hydrogen-bond acceptors (Lipinski definition) is 6. The average Bonchev–Trinajstić information content (AvgIpc) is 2.93. The Kier molecular flexibility index (Phi) is 5.12. The zero-order chi connectivity index (χ0) is 17.0. The van der Waals surface area contributed by atoms with Crippen LogP contribution in [0.15, 0.2) is 39.2 Å². The van der Waals surface area contributed by atoms with Gasteiger partial charge in [-0.3, -0.25) is 14.9 Å². The van der Waals surface area contributed by atoms with E-state index in [-0.39, 0.29) is 11.4 Å². The predicted molar refractivity (Wildman–Crippen MR) is 83.2 cm³/mol. The Morgan fingerprint density at radius 2 is 2.09 bits per heavy atom. The van der Waals surface area contributed by atoms with Crippen LogP contribution >= 0.6 is 15.9 Å². The molecule has 0 aliphatic carbocycles. The number of nitrogens with zero attached hydrogens (tertiary/aromatic N) is 1. The van der Waals surface area contributed by atoms with E-state index in [0.29, 0.717) is 15.9 Å². The summed E-state index contributed by atoms with van der Waals surface area (Å²) < 4.78 is 10.2. The van der Waals surface area contributed by atoms with E-state index in [2.05, 4.69) is 21.2 Å². The average molecular weight is 383 g/mol. The van der Waals surface area contributed by atoms with Gasteiger partial charge in [-0.25, -0.2) is 4.79 Å². The lowest BCUT2D eigenvalue weighted by molar-refractivity contribution is -0.384. The topological polar surface area (TPSA) is 112 Å². The van der Waals surface area contributed by atoms with E-state index in [1.54, 1.807) is 13.0 Å². The number of ether oxygens (including phenoxy) is 1. The van der Waals surface area contributed by atoms with Gasteiger partial charge in [0.25, 0.3) is 11.6 Å². The Morgan fingerprint density at radius 1 is 1.35 bits per heavy atom. The summed E-state index contributed by atoms with van der Waals surface area (Å²) in [6, 6.07) is 6.93. The number of nitrogens with one attached hydrogen (secondary N) is 1. The Hall–Kier alpha value is -2.68. The van der Waals surface area contributed by atoms with Crippen LogP contribution in [-0.2, 0) is 9.53 Å². The fraction of sp³-hybridized carbons (Fsp3) is 0.143. The lowest BCUT2D eigenvalue weighted by Gasteiger charge is -2.07. The van der Waals surface area contributed by atoms with Gasteiger partial charge in [0.1, 0.15) is 5.76 Å². The van der Waals surface area contributed by atoms with Crippen molar-refractivity contribution in [2.24, 2.45) is 0 Å². The van der Waals surface area contributed by atoms with Crippen molar-refractivity contribution in [3.8, 4) is 0 Å². The van der Waals surface area contributed by atoms with Crippen LogP contribution in [0.4, 0.5) is 11.4 Å². The number of carbonyl (C=O) groups is 2. The molecular weight excluding hydrogens is 372 g/mol.